The van der Waals surface area contributed by atoms with Crippen molar-refractivity contribution in [2.24, 2.45) is 0 Å². The van der Waals surface area contributed by atoms with E-state index in [1.54, 1.807) is 13.8 Å². The van der Waals surface area contributed by atoms with Gasteiger partial charge in [-0.25, -0.2) is 9.78 Å². The molecule has 0 aliphatic rings. The first-order valence-electron chi connectivity index (χ1n) is 5.77. The van der Waals surface area contributed by atoms with Crippen molar-refractivity contribution in [1.29, 1.82) is 0 Å². The zero-order chi connectivity index (χ0) is 15.7. The molecule has 2 aromatic heterocycles. The Hall–Kier alpha value is -1.63. The van der Waals surface area contributed by atoms with Crippen molar-refractivity contribution in [1.82, 2.24) is 4.98 Å². The van der Waals surface area contributed by atoms with Crippen molar-refractivity contribution >= 4 is 51.4 Å². The highest BCUT2D eigenvalue weighted by molar-refractivity contribution is 7.16. The van der Waals surface area contributed by atoms with Gasteiger partial charge in [0, 0.05) is 11.1 Å². The van der Waals surface area contributed by atoms with Gasteiger partial charge in [-0.1, -0.05) is 23.2 Å². The number of hydrogen-bond donors (Lipinski definition) is 2. The number of carboxylic acids is 1. The monoisotopic (exact) mass is 344 g/mol. The summed E-state index contributed by atoms with van der Waals surface area (Å²) in [6.45, 7) is 3.49. The largest absolute Gasteiger partial charge is 0.478 e. The lowest BCUT2D eigenvalue weighted by atomic mass is 10.1. The number of aromatic nitrogens is 1. The average Bonchev–Trinajstić information content (AvgIpc) is 2.68. The van der Waals surface area contributed by atoms with Gasteiger partial charge in [0.05, 0.1) is 16.1 Å². The van der Waals surface area contributed by atoms with E-state index in [0.717, 1.165) is 4.88 Å². The fourth-order valence-electron chi connectivity index (χ4n) is 1.69. The number of anilines is 1. The lowest BCUT2D eigenvalue weighted by Crippen LogP contribution is -2.14. The van der Waals surface area contributed by atoms with E-state index in [-0.39, 0.29) is 26.3 Å². The van der Waals surface area contributed by atoms with Crippen LogP contribution in [0, 0.1) is 13.8 Å². The molecule has 0 atom stereocenters. The minimum atomic E-state index is -1.08. The number of nitrogens with zero attached hydrogens (tertiary/aromatic N) is 1. The standard InChI is InChI=1S/C13H10Cl2N2O3S/c1-5-6(2)21-12(9(5)13(19)20)17-11(18)7-3-8(14)10(15)16-4-7/h3-4H,1-2H3,(H,17,18)(H,19,20). The molecule has 8 heteroatoms. The van der Waals surface area contributed by atoms with Crippen LogP contribution in [0.2, 0.25) is 10.2 Å². The van der Waals surface area contributed by atoms with Gasteiger partial charge in [-0.15, -0.1) is 11.3 Å². The Morgan fingerprint density at radius 1 is 1.33 bits per heavy atom. The van der Waals surface area contributed by atoms with Crippen molar-refractivity contribution in [2.45, 2.75) is 13.8 Å². The van der Waals surface area contributed by atoms with Gasteiger partial charge < -0.3 is 10.4 Å². The van der Waals surface area contributed by atoms with Crippen molar-refractivity contribution < 1.29 is 14.7 Å². The Morgan fingerprint density at radius 2 is 2.00 bits per heavy atom. The van der Waals surface area contributed by atoms with Crippen molar-refractivity contribution in [3.05, 3.63) is 44.0 Å². The molecule has 2 heterocycles. The Balaban J connectivity index is 2.33. The van der Waals surface area contributed by atoms with Gasteiger partial charge in [0.2, 0.25) is 0 Å². The molecule has 2 N–H and O–H groups in total. The molecule has 0 radical (unpaired) electrons. The van der Waals surface area contributed by atoms with Gasteiger partial charge in [-0.2, -0.15) is 0 Å². The number of aryl methyl sites for hydroxylation is 1. The molecule has 5 nitrogen and oxygen atoms in total. The van der Waals surface area contributed by atoms with Gasteiger partial charge in [-0.3, -0.25) is 4.79 Å². The lowest BCUT2D eigenvalue weighted by molar-refractivity contribution is 0.0697. The average molecular weight is 345 g/mol. The Morgan fingerprint density at radius 3 is 2.57 bits per heavy atom. The summed E-state index contributed by atoms with van der Waals surface area (Å²) in [7, 11) is 0. The third kappa shape index (κ3) is 3.18. The maximum absolute atomic E-state index is 12.1. The second-order valence-corrected chi connectivity index (χ2v) is 6.23. The van der Waals surface area contributed by atoms with Crippen LogP contribution in [0.3, 0.4) is 0 Å². The van der Waals surface area contributed by atoms with E-state index in [0.29, 0.717) is 5.56 Å². The molecule has 0 aliphatic carbocycles. The van der Waals surface area contributed by atoms with Crippen LogP contribution >= 0.6 is 34.5 Å². The first-order valence-corrected chi connectivity index (χ1v) is 7.34. The summed E-state index contributed by atoms with van der Waals surface area (Å²) in [6.07, 6.45) is 1.28. The number of carboxylic acid groups (broad SMARTS) is 1. The smallest absolute Gasteiger partial charge is 0.338 e. The maximum atomic E-state index is 12.1. The topological polar surface area (TPSA) is 79.3 Å². The fourth-order valence-corrected chi connectivity index (χ4v) is 3.01. The minimum absolute atomic E-state index is 0.0962. The predicted octanol–water partition coefficient (Wildman–Crippen LogP) is 4.02. The van der Waals surface area contributed by atoms with Crippen LogP contribution in [0.15, 0.2) is 12.3 Å². The first-order chi connectivity index (χ1) is 9.81. The summed E-state index contributed by atoms with van der Waals surface area (Å²) >= 11 is 12.7. The molecule has 0 saturated carbocycles. The summed E-state index contributed by atoms with van der Waals surface area (Å²) in [4.78, 5) is 28.0. The number of aromatic carboxylic acids is 1. The second-order valence-electron chi connectivity index (χ2n) is 4.24. The summed E-state index contributed by atoms with van der Waals surface area (Å²) in [6, 6.07) is 1.37. The number of carbonyl (C=O) groups is 2. The number of halogens is 2. The molecule has 0 aliphatic heterocycles. The summed E-state index contributed by atoms with van der Waals surface area (Å²) in [5.41, 5.74) is 0.929. The molecule has 21 heavy (non-hydrogen) atoms. The van der Waals surface area contributed by atoms with E-state index in [1.165, 1.54) is 23.6 Å². The number of carbonyl (C=O) groups excluding carboxylic acids is 1. The highest BCUT2D eigenvalue weighted by atomic mass is 35.5. The van der Waals surface area contributed by atoms with E-state index in [9.17, 15) is 14.7 Å². The number of nitrogens with one attached hydrogen (secondary N) is 1. The first kappa shape index (κ1) is 15.8. The molecule has 0 fully saturated rings. The molecule has 110 valence electrons. The summed E-state index contributed by atoms with van der Waals surface area (Å²) in [5, 5.41) is 12.3. The van der Waals surface area contributed by atoms with E-state index < -0.39 is 11.9 Å². The van der Waals surface area contributed by atoms with Crippen LogP contribution in [0.4, 0.5) is 5.00 Å². The molecule has 0 saturated heterocycles. The van der Waals surface area contributed by atoms with Crippen LogP contribution in [0.1, 0.15) is 31.2 Å². The van der Waals surface area contributed by atoms with Crippen LogP contribution in [0.25, 0.3) is 0 Å². The van der Waals surface area contributed by atoms with Crippen LogP contribution < -0.4 is 5.32 Å². The molecule has 2 aromatic rings. The third-order valence-electron chi connectivity index (χ3n) is 2.88. The van der Waals surface area contributed by atoms with Crippen LogP contribution in [-0.4, -0.2) is 22.0 Å². The SMILES string of the molecule is Cc1sc(NC(=O)c2cnc(Cl)c(Cl)c2)c(C(=O)O)c1C. The molecule has 0 unspecified atom stereocenters. The van der Waals surface area contributed by atoms with Crippen LogP contribution in [-0.2, 0) is 0 Å². The number of pyridine rings is 1. The van der Waals surface area contributed by atoms with E-state index >= 15 is 0 Å². The van der Waals surface area contributed by atoms with E-state index in [1.807, 2.05) is 0 Å². The van der Waals surface area contributed by atoms with Gasteiger partial charge in [0.1, 0.15) is 10.2 Å². The van der Waals surface area contributed by atoms with Gasteiger partial charge in [-0.05, 0) is 25.5 Å². The Bertz CT molecular complexity index is 743. The maximum Gasteiger partial charge on any atom is 0.338 e. The van der Waals surface area contributed by atoms with Gasteiger partial charge in [0.15, 0.2) is 0 Å². The van der Waals surface area contributed by atoms with Gasteiger partial charge >= 0.3 is 5.97 Å². The Kier molecular flexibility index (Phi) is 4.51. The quantitative estimate of drug-likeness (QED) is 0.824. The molecular weight excluding hydrogens is 335 g/mol. The minimum Gasteiger partial charge on any atom is -0.478 e. The fraction of sp³-hybridized carbons (Fsp3) is 0.154. The zero-order valence-electron chi connectivity index (χ0n) is 11.0. The molecular formula is C13H10Cl2N2O3S. The number of amides is 1. The summed E-state index contributed by atoms with van der Waals surface area (Å²) in [5.74, 6) is -1.58. The highest BCUT2D eigenvalue weighted by Crippen LogP contribution is 2.32. The normalized spacial score (nSPS) is 10.5. The van der Waals surface area contributed by atoms with Crippen molar-refractivity contribution in [3.63, 3.8) is 0 Å². The van der Waals surface area contributed by atoms with Gasteiger partial charge in [0.25, 0.3) is 5.91 Å². The number of hydrogen-bond acceptors (Lipinski definition) is 4. The number of rotatable bonds is 3. The van der Waals surface area contributed by atoms with Crippen molar-refractivity contribution in [2.75, 3.05) is 5.32 Å². The summed E-state index contributed by atoms with van der Waals surface area (Å²) < 4.78 is 0. The highest BCUT2D eigenvalue weighted by Gasteiger charge is 2.21. The molecule has 2 rings (SSSR count). The number of thiophene rings is 1. The van der Waals surface area contributed by atoms with Crippen molar-refractivity contribution in [3.8, 4) is 0 Å². The molecule has 0 spiro atoms. The zero-order valence-corrected chi connectivity index (χ0v) is 13.4. The molecule has 1 amide bonds. The van der Waals surface area contributed by atoms with E-state index in [4.69, 9.17) is 23.2 Å². The van der Waals surface area contributed by atoms with Crippen LogP contribution in [0.5, 0.6) is 0 Å². The van der Waals surface area contributed by atoms with E-state index in [2.05, 4.69) is 10.3 Å². The molecule has 0 aromatic carbocycles. The lowest BCUT2D eigenvalue weighted by Gasteiger charge is -2.05. The third-order valence-corrected chi connectivity index (χ3v) is 4.69. The second kappa shape index (κ2) is 6.01. The molecule has 0 bridgehead atoms. The Labute approximate surface area is 134 Å². The predicted molar refractivity (Wildman–Crippen MR) is 83.0 cm³/mol.